The van der Waals surface area contributed by atoms with Gasteiger partial charge in [-0.2, -0.15) is 0 Å². The van der Waals surface area contributed by atoms with Gasteiger partial charge in [0.15, 0.2) is 0 Å². The second kappa shape index (κ2) is 6.62. The molecule has 0 heterocycles. The summed E-state index contributed by atoms with van der Waals surface area (Å²) in [5, 5.41) is 12.2. The predicted molar refractivity (Wildman–Crippen MR) is 48.6 cm³/mol. The molecule has 0 aliphatic rings. The summed E-state index contributed by atoms with van der Waals surface area (Å²) in [5.41, 5.74) is 0. The van der Waals surface area contributed by atoms with E-state index in [0.29, 0.717) is 6.04 Å². The molecule has 2 nitrogen and oxygen atoms in total. The van der Waals surface area contributed by atoms with E-state index in [1.54, 1.807) is 0 Å². The maximum absolute atomic E-state index is 8.85. The smallest absolute Gasteiger partial charge is 0.0584 e. The van der Waals surface area contributed by atoms with Gasteiger partial charge in [-0.3, -0.25) is 0 Å². The molecule has 0 rings (SSSR count). The van der Waals surface area contributed by atoms with Crippen LogP contribution < -0.4 is 5.32 Å². The zero-order chi connectivity index (χ0) is 8.69. The van der Waals surface area contributed by atoms with Gasteiger partial charge < -0.3 is 10.4 Å². The molecule has 0 aliphatic carbocycles. The molecule has 2 atom stereocenters. The third kappa shape index (κ3) is 5.22. The second-order valence-corrected chi connectivity index (χ2v) is 3.21. The number of hydrogen-bond donors (Lipinski definition) is 2. The van der Waals surface area contributed by atoms with Gasteiger partial charge in [0.05, 0.1) is 6.61 Å². The minimum atomic E-state index is 0.257. The van der Waals surface area contributed by atoms with Crippen LogP contribution in [0.1, 0.15) is 33.6 Å². The Bertz CT molecular complexity index is 81.6. The van der Waals surface area contributed by atoms with Crippen molar-refractivity contribution in [3.8, 4) is 0 Å². The average molecular weight is 159 g/mol. The van der Waals surface area contributed by atoms with Crippen molar-refractivity contribution in [3.63, 3.8) is 0 Å². The minimum Gasteiger partial charge on any atom is -0.395 e. The Labute approximate surface area is 70.0 Å². The fourth-order valence-corrected chi connectivity index (χ4v) is 0.850. The molecule has 0 aliphatic heterocycles. The van der Waals surface area contributed by atoms with Crippen LogP contribution >= 0.6 is 0 Å². The molecule has 0 radical (unpaired) electrons. The van der Waals surface area contributed by atoms with E-state index in [-0.39, 0.29) is 6.61 Å². The molecule has 0 aromatic rings. The zero-order valence-electron chi connectivity index (χ0n) is 7.93. The Morgan fingerprint density at radius 3 is 2.27 bits per heavy atom. The number of nitrogens with one attached hydrogen (secondary N) is 1. The SMILES string of the molecule is CCC(C)CNC(CC)CO. The first-order valence-electron chi connectivity index (χ1n) is 4.58. The first-order chi connectivity index (χ1) is 5.24. The zero-order valence-corrected chi connectivity index (χ0v) is 7.93. The Morgan fingerprint density at radius 1 is 1.27 bits per heavy atom. The molecule has 0 aromatic carbocycles. The van der Waals surface area contributed by atoms with Crippen LogP contribution in [0.4, 0.5) is 0 Å². The van der Waals surface area contributed by atoms with E-state index >= 15 is 0 Å². The Kier molecular flexibility index (Phi) is 6.57. The van der Waals surface area contributed by atoms with Crippen molar-refractivity contribution >= 4 is 0 Å². The van der Waals surface area contributed by atoms with Gasteiger partial charge in [-0.05, 0) is 18.9 Å². The monoisotopic (exact) mass is 159 g/mol. The van der Waals surface area contributed by atoms with Crippen molar-refractivity contribution in [3.05, 3.63) is 0 Å². The molecule has 2 N–H and O–H groups in total. The van der Waals surface area contributed by atoms with Gasteiger partial charge in [0.1, 0.15) is 0 Å². The third-order valence-corrected chi connectivity index (χ3v) is 2.17. The summed E-state index contributed by atoms with van der Waals surface area (Å²) >= 11 is 0. The molecule has 0 saturated carbocycles. The van der Waals surface area contributed by atoms with E-state index in [4.69, 9.17) is 5.11 Å². The highest BCUT2D eigenvalue weighted by molar-refractivity contribution is 4.64. The maximum Gasteiger partial charge on any atom is 0.0584 e. The van der Waals surface area contributed by atoms with Crippen LogP contribution in [-0.2, 0) is 0 Å². The highest BCUT2D eigenvalue weighted by Crippen LogP contribution is 1.99. The lowest BCUT2D eigenvalue weighted by atomic mass is 10.1. The fourth-order valence-electron chi connectivity index (χ4n) is 0.850. The van der Waals surface area contributed by atoms with Crippen LogP contribution in [0.2, 0.25) is 0 Å². The molecule has 68 valence electrons. The molecule has 0 fully saturated rings. The molecule has 2 unspecified atom stereocenters. The van der Waals surface area contributed by atoms with E-state index in [2.05, 4.69) is 26.1 Å². The van der Waals surface area contributed by atoms with Gasteiger partial charge in [0, 0.05) is 6.04 Å². The van der Waals surface area contributed by atoms with Gasteiger partial charge in [0.2, 0.25) is 0 Å². The standard InChI is InChI=1S/C9H21NO/c1-4-8(3)6-10-9(5-2)7-11/h8-11H,4-7H2,1-3H3. The molecular weight excluding hydrogens is 138 g/mol. The normalized spacial score (nSPS) is 16.4. The average Bonchev–Trinajstić information content (AvgIpc) is 2.06. The number of aliphatic hydroxyl groups is 1. The fraction of sp³-hybridized carbons (Fsp3) is 1.00. The van der Waals surface area contributed by atoms with Crippen LogP contribution in [0.3, 0.4) is 0 Å². The number of hydrogen-bond acceptors (Lipinski definition) is 2. The van der Waals surface area contributed by atoms with Crippen molar-refractivity contribution in [1.82, 2.24) is 5.32 Å². The molecule has 0 aromatic heterocycles. The predicted octanol–water partition coefficient (Wildman–Crippen LogP) is 1.39. The maximum atomic E-state index is 8.85. The minimum absolute atomic E-state index is 0.257. The molecule has 11 heavy (non-hydrogen) atoms. The highest BCUT2D eigenvalue weighted by Gasteiger charge is 2.04. The lowest BCUT2D eigenvalue weighted by molar-refractivity contribution is 0.234. The lowest BCUT2D eigenvalue weighted by Gasteiger charge is -2.16. The van der Waals surface area contributed by atoms with E-state index < -0.39 is 0 Å². The molecule has 2 heteroatoms. The van der Waals surface area contributed by atoms with Crippen LogP contribution in [0.25, 0.3) is 0 Å². The van der Waals surface area contributed by atoms with Gasteiger partial charge in [-0.1, -0.05) is 27.2 Å². The van der Waals surface area contributed by atoms with E-state index in [1.165, 1.54) is 6.42 Å². The van der Waals surface area contributed by atoms with Crippen LogP contribution in [0, 0.1) is 5.92 Å². The first kappa shape index (κ1) is 10.9. The van der Waals surface area contributed by atoms with Gasteiger partial charge >= 0.3 is 0 Å². The van der Waals surface area contributed by atoms with E-state index in [1.807, 2.05) is 0 Å². The summed E-state index contributed by atoms with van der Waals surface area (Å²) in [6, 6.07) is 0.295. The summed E-state index contributed by atoms with van der Waals surface area (Å²) in [4.78, 5) is 0. The van der Waals surface area contributed by atoms with Gasteiger partial charge in [-0.15, -0.1) is 0 Å². The van der Waals surface area contributed by atoms with Gasteiger partial charge in [0.25, 0.3) is 0 Å². The van der Waals surface area contributed by atoms with Crippen LogP contribution in [0.5, 0.6) is 0 Å². The summed E-state index contributed by atoms with van der Waals surface area (Å²) < 4.78 is 0. The molecule has 0 saturated heterocycles. The van der Waals surface area contributed by atoms with Crippen molar-refractivity contribution in [2.24, 2.45) is 5.92 Å². The lowest BCUT2D eigenvalue weighted by Crippen LogP contribution is -2.34. The first-order valence-corrected chi connectivity index (χ1v) is 4.58. The largest absolute Gasteiger partial charge is 0.395 e. The quantitative estimate of drug-likeness (QED) is 0.614. The number of rotatable bonds is 6. The van der Waals surface area contributed by atoms with E-state index in [0.717, 1.165) is 18.9 Å². The molecule has 0 bridgehead atoms. The second-order valence-electron chi connectivity index (χ2n) is 3.21. The highest BCUT2D eigenvalue weighted by atomic mass is 16.3. The molecule has 0 spiro atoms. The molecule has 0 amide bonds. The van der Waals surface area contributed by atoms with Crippen LogP contribution in [-0.4, -0.2) is 24.3 Å². The Balaban J connectivity index is 3.34. The summed E-state index contributed by atoms with van der Waals surface area (Å²) in [6.07, 6.45) is 2.21. The topological polar surface area (TPSA) is 32.3 Å². The summed E-state index contributed by atoms with van der Waals surface area (Å²) in [6.45, 7) is 7.77. The van der Waals surface area contributed by atoms with E-state index in [9.17, 15) is 0 Å². The van der Waals surface area contributed by atoms with Crippen molar-refractivity contribution < 1.29 is 5.11 Å². The van der Waals surface area contributed by atoms with Crippen molar-refractivity contribution in [1.29, 1.82) is 0 Å². The Morgan fingerprint density at radius 2 is 1.91 bits per heavy atom. The number of aliphatic hydroxyl groups excluding tert-OH is 1. The van der Waals surface area contributed by atoms with Crippen LogP contribution in [0.15, 0.2) is 0 Å². The Hall–Kier alpha value is -0.0800. The summed E-state index contributed by atoms with van der Waals surface area (Å²) in [5.74, 6) is 0.718. The van der Waals surface area contributed by atoms with Crippen molar-refractivity contribution in [2.75, 3.05) is 13.2 Å². The van der Waals surface area contributed by atoms with Gasteiger partial charge in [-0.25, -0.2) is 0 Å². The third-order valence-electron chi connectivity index (χ3n) is 2.17. The van der Waals surface area contributed by atoms with Crippen molar-refractivity contribution in [2.45, 2.75) is 39.7 Å². The molecular formula is C9H21NO. The summed E-state index contributed by atoms with van der Waals surface area (Å²) in [7, 11) is 0.